The largest absolute Gasteiger partial charge is 0.494 e. The van der Waals surface area contributed by atoms with Crippen molar-refractivity contribution in [1.29, 1.82) is 0 Å². The molecule has 1 aromatic rings. The van der Waals surface area contributed by atoms with Gasteiger partial charge in [-0.1, -0.05) is 12.2 Å². The Morgan fingerprint density at radius 1 is 1.70 bits per heavy atom. The Morgan fingerprint density at radius 2 is 2.40 bits per heavy atom. The van der Waals surface area contributed by atoms with Crippen LogP contribution in [0.25, 0.3) is 0 Å². The Hall–Kier alpha value is -1.03. The third-order valence-electron chi connectivity index (χ3n) is 1.11. The Bertz CT molecular complexity index is 281. The Labute approximate surface area is 63.4 Å². The van der Waals surface area contributed by atoms with E-state index in [1.165, 1.54) is 13.3 Å². The zero-order chi connectivity index (χ0) is 7.56. The summed E-state index contributed by atoms with van der Waals surface area (Å²) in [6.45, 7) is 0. The van der Waals surface area contributed by atoms with E-state index in [0.29, 0.717) is 5.75 Å². The van der Waals surface area contributed by atoms with Gasteiger partial charge in [0.05, 0.1) is 7.11 Å². The average molecular weight is 157 g/mol. The molecular weight excluding hydrogens is 150 g/mol. The lowest BCUT2D eigenvalue weighted by molar-refractivity contribution is 0.176. The number of ether oxygens (including phenoxy) is 1. The molecule has 1 rings (SSSR count). The molecule has 3 nitrogen and oxygen atoms in total. The maximum absolute atomic E-state index is 8.96. The SMILES string of the molecule is COc1cccn(O)c1=S. The summed E-state index contributed by atoms with van der Waals surface area (Å²) < 4.78 is 5.96. The molecule has 0 aliphatic rings. The van der Waals surface area contributed by atoms with Gasteiger partial charge < -0.3 is 9.94 Å². The van der Waals surface area contributed by atoms with Crippen LogP contribution in [0.15, 0.2) is 18.3 Å². The first kappa shape index (κ1) is 7.08. The van der Waals surface area contributed by atoms with Gasteiger partial charge in [0.25, 0.3) is 0 Å². The normalized spacial score (nSPS) is 9.30. The van der Waals surface area contributed by atoms with E-state index in [1.54, 1.807) is 12.1 Å². The molecule has 0 radical (unpaired) electrons. The van der Waals surface area contributed by atoms with Crippen molar-refractivity contribution < 1.29 is 9.94 Å². The molecule has 0 saturated carbocycles. The molecule has 1 aromatic heterocycles. The van der Waals surface area contributed by atoms with Gasteiger partial charge in [-0.05, 0) is 12.1 Å². The maximum atomic E-state index is 8.96. The molecule has 0 aliphatic heterocycles. The summed E-state index contributed by atoms with van der Waals surface area (Å²) in [6, 6.07) is 3.34. The van der Waals surface area contributed by atoms with Crippen molar-refractivity contribution in [2.24, 2.45) is 0 Å². The lowest BCUT2D eigenvalue weighted by atomic mass is 10.5. The topological polar surface area (TPSA) is 34.4 Å². The quantitative estimate of drug-likeness (QED) is 0.495. The van der Waals surface area contributed by atoms with Gasteiger partial charge >= 0.3 is 0 Å². The summed E-state index contributed by atoms with van der Waals surface area (Å²) in [7, 11) is 1.51. The fourth-order valence-electron chi connectivity index (χ4n) is 0.619. The summed E-state index contributed by atoms with van der Waals surface area (Å²) in [5.41, 5.74) is 0. The molecule has 4 heteroatoms. The van der Waals surface area contributed by atoms with E-state index in [9.17, 15) is 0 Å². The number of nitrogens with zero attached hydrogens (tertiary/aromatic N) is 1. The van der Waals surface area contributed by atoms with Gasteiger partial charge in [-0.15, -0.1) is 0 Å². The number of rotatable bonds is 1. The van der Waals surface area contributed by atoms with E-state index in [1.807, 2.05) is 0 Å². The second-order valence-electron chi connectivity index (χ2n) is 1.73. The second-order valence-corrected chi connectivity index (χ2v) is 2.11. The smallest absolute Gasteiger partial charge is 0.184 e. The van der Waals surface area contributed by atoms with Gasteiger partial charge in [-0.3, -0.25) is 0 Å². The molecule has 0 bridgehead atoms. The summed E-state index contributed by atoms with van der Waals surface area (Å²) in [5, 5.41) is 8.96. The second kappa shape index (κ2) is 2.70. The molecule has 0 fully saturated rings. The number of methoxy groups -OCH3 is 1. The van der Waals surface area contributed by atoms with Crippen LogP contribution in [0, 0.1) is 4.64 Å². The Morgan fingerprint density at radius 3 is 2.90 bits per heavy atom. The zero-order valence-electron chi connectivity index (χ0n) is 5.44. The van der Waals surface area contributed by atoms with E-state index in [-0.39, 0.29) is 4.64 Å². The summed E-state index contributed by atoms with van der Waals surface area (Å²) in [6.07, 6.45) is 1.45. The van der Waals surface area contributed by atoms with E-state index in [0.717, 1.165) is 4.73 Å². The Kier molecular flexibility index (Phi) is 1.91. The number of pyridine rings is 1. The zero-order valence-corrected chi connectivity index (χ0v) is 6.26. The van der Waals surface area contributed by atoms with Crippen LogP contribution in [0.4, 0.5) is 0 Å². The first-order chi connectivity index (χ1) is 4.75. The minimum absolute atomic E-state index is 0.282. The Balaban J connectivity index is 3.28. The molecule has 0 aliphatic carbocycles. The summed E-state index contributed by atoms with van der Waals surface area (Å²) in [5.74, 6) is 0.500. The van der Waals surface area contributed by atoms with Crippen molar-refractivity contribution >= 4 is 12.2 Å². The van der Waals surface area contributed by atoms with Gasteiger partial charge in [0.1, 0.15) is 0 Å². The van der Waals surface area contributed by atoms with E-state index in [2.05, 4.69) is 0 Å². The van der Waals surface area contributed by atoms with E-state index >= 15 is 0 Å². The van der Waals surface area contributed by atoms with E-state index in [4.69, 9.17) is 22.2 Å². The maximum Gasteiger partial charge on any atom is 0.184 e. The molecule has 0 aromatic carbocycles. The van der Waals surface area contributed by atoms with Crippen LogP contribution < -0.4 is 4.74 Å². The van der Waals surface area contributed by atoms with Gasteiger partial charge in [0.2, 0.25) is 0 Å². The third kappa shape index (κ3) is 1.11. The van der Waals surface area contributed by atoms with Gasteiger partial charge in [0.15, 0.2) is 10.4 Å². The fourth-order valence-corrected chi connectivity index (χ4v) is 0.831. The van der Waals surface area contributed by atoms with Gasteiger partial charge in [0, 0.05) is 6.20 Å². The van der Waals surface area contributed by atoms with Crippen LogP contribution in [0.3, 0.4) is 0 Å². The van der Waals surface area contributed by atoms with Crippen LogP contribution in [-0.4, -0.2) is 17.0 Å². The lowest BCUT2D eigenvalue weighted by Crippen LogP contribution is -1.94. The van der Waals surface area contributed by atoms with Crippen LogP contribution in [0.1, 0.15) is 0 Å². The van der Waals surface area contributed by atoms with Crippen LogP contribution in [-0.2, 0) is 0 Å². The van der Waals surface area contributed by atoms with Crippen molar-refractivity contribution in [3.05, 3.63) is 23.0 Å². The lowest BCUT2D eigenvalue weighted by Gasteiger charge is -2.00. The number of hydrogen-bond acceptors (Lipinski definition) is 3. The minimum atomic E-state index is 0.282. The monoisotopic (exact) mass is 157 g/mol. The highest BCUT2D eigenvalue weighted by Crippen LogP contribution is 2.09. The predicted molar refractivity (Wildman–Crippen MR) is 39.0 cm³/mol. The first-order valence-electron chi connectivity index (χ1n) is 2.70. The highest BCUT2D eigenvalue weighted by atomic mass is 32.1. The van der Waals surface area contributed by atoms with Crippen molar-refractivity contribution in [2.45, 2.75) is 0 Å². The summed E-state index contributed by atoms with van der Waals surface area (Å²) in [4.78, 5) is 0. The van der Waals surface area contributed by atoms with Crippen molar-refractivity contribution in [3.63, 3.8) is 0 Å². The predicted octanol–water partition coefficient (Wildman–Crippen LogP) is 1.46. The van der Waals surface area contributed by atoms with Gasteiger partial charge in [-0.25, -0.2) is 0 Å². The molecule has 0 spiro atoms. The fraction of sp³-hybridized carbons (Fsp3) is 0.167. The molecule has 0 saturated heterocycles. The van der Waals surface area contributed by atoms with Crippen molar-refractivity contribution in [3.8, 4) is 5.75 Å². The van der Waals surface area contributed by atoms with Gasteiger partial charge in [-0.2, -0.15) is 4.73 Å². The molecule has 0 amide bonds. The summed E-state index contributed by atoms with van der Waals surface area (Å²) >= 11 is 4.78. The van der Waals surface area contributed by atoms with Crippen molar-refractivity contribution in [2.75, 3.05) is 7.11 Å². The number of aromatic nitrogens is 1. The molecule has 54 valence electrons. The molecular formula is C6H7NO2S. The van der Waals surface area contributed by atoms with Crippen LogP contribution >= 0.6 is 12.2 Å². The van der Waals surface area contributed by atoms with Crippen molar-refractivity contribution in [1.82, 2.24) is 4.73 Å². The number of hydrogen-bond donors (Lipinski definition) is 1. The highest BCUT2D eigenvalue weighted by molar-refractivity contribution is 7.71. The van der Waals surface area contributed by atoms with Crippen LogP contribution in [0.5, 0.6) is 5.75 Å². The molecule has 0 atom stereocenters. The molecule has 1 N–H and O–H groups in total. The molecule has 10 heavy (non-hydrogen) atoms. The van der Waals surface area contributed by atoms with Crippen LogP contribution in [0.2, 0.25) is 0 Å². The first-order valence-corrected chi connectivity index (χ1v) is 3.11. The highest BCUT2D eigenvalue weighted by Gasteiger charge is 1.94. The van der Waals surface area contributed by atoms with E-state index < -0.39 is 0 Å². The minimum Gasteiger partial charge on any atom is -0.494 e. The molecule has 0 unspecified atom stereocenters. The standard InChI is InChI=1S/C6H7NO2S/c1-9-5-3-2-4-7(8)6(5)10/h2-4,8H,1H3. The average Bonchev–Trinajstić information content (AvgIpc) is 1.95. The molecule has 1 heterocycles. The third-order valence-corrected chi connectivity index (χ3v) is 1.50.